The van der Waals surface area contributed by atoms with Gasteiger partial charge in [-0.1, -0.05) is 12.1 Å². The minimum absolute atomic E-state index is 0.0585. The third-order valence-electron chi connectivity index (χ3n) is 2.74. The molecule has 0 saturated heterocycles. The van der Waals surface area contributed by atoms with Crippen LogP contribution in [0.2, 0.25) is 0 Å². The van der Waals surface area contributed by atoms with E-state index in [1.165, 1.54) is 0 Å². The van der Waals surface area contributed by atoms with Gasteiger partial charge < -0.3 is 15.3 Å². The Morgan fingerprint density at radius 2 is 2.11 bits per heavy atom. The molecule has 0 heterocycles. The molecule has 6 nitrogen and oxygen atoms in total. The van der Waals surface area contributed by atoms with Crippen molar-refractivity contribution in [2.24, 2.45) is 0 Å². The first-order valence-corrected chi connectivity index (χ1v) is 6.08. The minimum Gasteiger partial charge on any atom is -0.387 e. The number of benzene rings is 1. The summed E-state index contributed by atoms with van der Waals surface area (Å²) in [5.74, 6) is 0. The maximum atomic E-state index is 11.0. The highest BCUT2D eigenvalue weighted by Gasteiger charge is 2.23. The number of nitro groups is 1. The van der Waals surface area contributed by atoms with E-state index < -0.39 is 10.5 Å². The summed E-state index contributed by atoms with van der Waals surface area (Å²) in [6.45, 7) is 4.11. The zero-order valence-corrected chi connectivity index (χ0v) is 11.8. The van der Waals surface area contributed by atoms with Crippen molar-refractivity contribution in [3.05, 3.63) is 33.9 Å². The van der Waals surface area contributed by atoms with Crippen molar-refractivity contribution in [3.8, 4) is 0 Å². The molecule has 0 aliphatic rings. The summed E-state index contributed by atoms with van der Waals surface area (Å²) >= 11 is 0. The lowest BCUT2D eigenvalue weighted by molar-refractivity contribution is -0.384. The number of hydrogen-bond acceptors (Lipinski definition) is 5. The van der Waals surface area contributed by atoms with E-state index in [-0.39, 0.29) is 12.2 Å². The molecule has 0 fully saturated rings. The molecule has 0 amide bonds. The van der Waals surface area contributed by atoms with Crippen molar-refractivity contribution in [2.45, 2.75) is 19.4 Å². The van der Waals surface area contributed by atoms with Crippen LogP contribution in [0.4, 0.5) is 11.4 Å². The van der Waals surface area contributed by atoms with Gasteiger partial charge in [-0.2, -0.15) is 0 Å². The molecular formula is C13H21N3O3. The van der Waals surface area contributed by atoms with E-state index in [0.29, 0.717) is 17.8 Å². The molecule has 0 spiro atoms. The summed E-state index contributed by atoms with van der Waals surface area (Å²) in [5.41, 5.74) is 0.135. The van der Waals surface area contributed by atoms with Crippen LogP contribution in [0.15, 0.2) is 18.2 Å². The third-order valence-corrected chi connectivity index (χ3v) is 2.74. The van der Waals surface area contributed by atoms with Gasteiger partial charge in [0.05, 0.1) is 10.5 Å². The van der Waals surface area contributed by atoms with Crippen LogP contribution >= 0.6 is 0 Å². The van der Waals surface area contributed by atoms with E-state index >= 15 is 0 Å². The molecular weight excluding hydrogens is 246 g/mol. The summed E-state index contributed by atoms with van der Waals surface area (Å²) < 4.78 is 0. The molecule has 2 N–H and O–H groups in total. The van der Waals surface area contributed by atoms with Crippen LogP contribution in [0, 0.1) is 17.0 Å². The van der Waals surface area contributed by atoms with Crippen molar-refractivity contribution in [3.63, 3.8) is 0 Å². The number of aliphatic hydroxyl groups is 1. The van der Waals surface area contributed by atoms with Crippen molar-refractivity contribution in [1.29, 1.82) is 0 Å². The minimum atomic E-state index is -0.957. The van der Waals surface area contributed by atoms with Gasteiger partial charge in [-0.05, 0) is 34.0 Å². The maximum absolute atomic E-state index is 11.0. The zero-order valence-electron chi connectivity index (χ0n) is 11.8. The average Bonchev–Trinajstić information content (AvgIpc) is 2.24. The van der Waals surface area contributed by atoms with E-state index in [0.717, 1.165) is 0 Å². The number of hydrogen-bond donors (Lipinski definition) is 2. The highest BCUT2D eigenvalue weighted by Crippen LogP contribution is 2.28. The Morgan fingerprint density at radius 3 is 2.63 bits per heavy atom. The smallest absolute Gasteiger partial charge is 0.295 e. The molecule has 0 aromatic heterocycles. The van der Waals surface area contributed by atoms with E-state index in [2.05, 4.69) is 5.32 Å². The molecule has 19 heavy (non-hydrogen) atoms. The topological polar surface area (TPSA) is 78.6 Å². The highest BCUT2D eigenvalue weighted by molar-refractivity contribution is 5.65. The Morgan fingerprint density at radius 1 is 1.47 bits per heavy atom. The van der Waals surface area contributed by atoms with E-state index in [1.807, 2.05) is 19.0 Å². The number of likely N-dealkylation sites (N-methyl/N-ethyl adjacent to an activating group) is 1. The highest BCUT2D eigenvalue weighted by atomic mass is 16.6. The Kier molecular flexibility index (Phi) is 4.85. The number of aryl methyl sites for hydroxylation is 1. The summed E-state index contributed by atoms with van der Waals surface area (Å²) in [4.78, 5) is 12.5. The molecule has 1 atom stereocenters. The van der Waals surface area contributed by atoms with Gasteiger partial charge in [0.25, 0.3) is 5.69 Å². The average molecular weight is 267 g/mol. The number of nitrogens with one attached hydrogen (secondary N) is 1. The summed E-state index contributed by atoms with van der Waals surface area (Å²) in [6.07, 6.45) is 0. The second kappa shape index (κ2) is 5.99. The molecule has 106 valence electrons. The molecule has 0 aliphatic heterocycles. The van der Waals surface area contributed by atoms with Crippen molar-refractivity contribution >= 4 is 11.4 Å². The fourth-order valence-electron chi connectivity index (χ4n) is 2.07. The van der Waals surface area contributed by atoms with Crippen LogP contribution < -0.4 is 5.32 Å². The number of para-hydroxylation sites is 1. The molecule has 6 heteroatoms. The Balaban J connectivity index is 2.84. The summed E-state index contributed by atoms with van der Waals surface area (Å²) in [7, 11) is 3.73. The van der Waals surface area contributed by atoms with Crippen LogP contribution in [0.3, 0.4) is 0 Å². The van der Waals surface area contributed by atoms with Gasteiger partial charge >= 0.3 is 0 Å². The van der Waals surface area contributed by atoms with E-state index in [1.54, 1.807) is 32.0 Å². The first-order chi connectivity index (χ1) is 8.73. The van der Waals surface area contributed by atoms with Gasteiger partial charge in [-0.3, -0.25) is 10.1 Å². The molecule has 0 bridgehead atoms. The van der Waals surface area contributed by atoms with Crippen LogP contribution in [0.1, 0.15) is 12.5 Å². The quantitative estimate of drug-likeness (QED) is 0.605. The van der Waals surface area contributed by atoms with E-state index in [9.17, 15) is 15.2 Å². The number of rotatable bonds is 6. The van der Waals surface area contributed by atoms with Crippen molar-refractivity contribution in [1.82, 2.24) is 4.90 Å². The molecule has 0 radical (unpaired) electrons. The number of anilines is 1. The predicted molar refractivity (Wildman–Crippen MR) is 75.5 cm³/mol. The van der Waals surface area contributed by atoms with Gasteiger partial charge in [0.15, 0.2) is 0 Å². The standard InChI is InChI=1S/C13H21N3O3/c1-10-6-5-7-11(12(10)16(18)19)14-8-13(2,17)9-15(3)4/h5-7,14,17H,8-9H2,1-4H3. The normalized spacial score (nSPS) is 14.2. The Bertz CT molecular complexity index is 458. The van der Waals surface area contributed by atoms with Gasteiger partial charge in [0.2, 0.25) is 0 Å². The third kappa shape index (κ3) is 4.50. The predicted octanol–water partition coefficient (Wildman–Crippen LogP) is 1.63. The molecule has 1 unspecified atom stereocenters. The lowest BCUT2D eigenvalue weighted by Gasteiger charge is -2.27. The van der Waals surface area contributed by atoms with Gasteiger partial charge in [-0.15, -0.1) is 0 Å². The Hall–Kier alpha value is -1.66. The van der Waals surface area contributed by atoms with Crippen molar-refractivity contribution in [2.75, 3.05) is 32.5 Å². The number of nitro benzene ring substituents is 1. The van der Waals surface area contributed by atoms with Crippen molar-refractivity contribution < 1.29 is 10.0 Å². The van der Waals surface area contributed by atoms with Gasteiger partial charge in [0, 0.05) is 18.7 Å². The first-order valence-electron chi connectivity index (χ1n) is 6.08. The van der Waals surface area contributed by atoms with Gasteiger partial charge in [-0.25, -0.2) is 0 Å². The lowest BCUT2D eigenvalue weighted by Crippen LogP contribution is -2.43. The fourth-order valence-corrected chi connectivity index (χ4v) is 2.07. The summed E-state index contributed by atoms with van der Waals surface area (Å²) in [5, 5.41) is 24.2. The lowest BCUT2D eigenvalue weighted by atomic mass is 10.1. The van der Waals surface area contributed by atoms with Crippen LogP contribution in [-0.4, -0.2) is 47.7 Å². The Labute approximate surface area is 113 Å². The summed E-state index contributed by atoms with van der Waals surface area (Å²) in [6, 6.07) is 5.10. The second-order valence-electron chi connectivity index (χ2n) is 5.32. The van der Waals surface area contributed by atoms with Gasteiger partial charge in [0.1, 0.15) is 5.69 Å². The maximum Gasteiger partial charge on any atom is 0.295 e. The molecule has 0 saturated carbocycles. The van der Waals surface area contributed by atoms with Crippen LogP contribution in [0.5, 0.6) is 0 Å². The van der Waals surface area contributed by atoms with Crippen LogP contribution in [0.25, 0.3) is 0 Å². The zero-order chi connectivity index (χ0) is 14.6. The second-order valence-corrected chi connectivity index (χ2v) is 5.32. The molecule has 1 rings (SSSR count). The van der Waals surface area contributed by atoms with E-state index in [4.69, 9.17) is 0 Å². The molecule has 1 aromatic rings. The SMILES string of the molecule is Cc1cccc(NCC(C)(O)CN(C)C)c1[N+](=O)[O-]. The fraction of sp³-hybridized carbons (Fsp3) is 0.538. The molecule has 0 aliphatic carbocycles. The monoisotopic (exact) mass is 267 g/mol. The first kappa shape index (κ1) is 15.4. The largest absolute Gasteiger partial charge is 0.387 e. The number of nitrogens with zero attached hydrogens (tertiary/aromatic N) is 2. The van der Waals surface area contributed by atoms with Crippen LogP contribution in [-0.2, 0) is 0 Å². The molecule has 1 aromatic carbocycles.